The third-order valence-electron chi connectivity index (χ3n) is 7.50. The summed E-state index contributed by atoms with van der Waals surface area (Å²) < 4.78 is 0. The van der Waals surface area contributed by atoms with Crippen molar-refractivity contribution in [2.75, 3.05) is 0 Å². The van der Waals surface area contributed by atoms with Crippen molar-refractivity contribution in [1.29, 1.82) is 0 Å². The van der Waals surface area contributed by atoms with Gasteiger partial charge in [-0.2, -0.15) is 0 Å². The summed E-state index contributed by atoms with van der Waals surface area (Å²) in [5.74, 6) is 0. The number of rotatable bonds is 9. The van der Waals surface area contributed by atoms with Crippen LogP contribution in [0.4, 0.5) is 0 Å². The van der Waals surface area contributed by atoms with E-state index in [9.17, 15) is 10.2 Å². The molecule has 5 rings (SSSR count). The van der Waals surface area contributed by atoms with Gasteiger partial charge in [0.1, 0.15) is 11.2 Å². The number of unbranched alkanes of at least 4 members (excludes halogenated alkanes) is 1. The van der Waals surface area contributed by atoms with Crippen LogP contribution in [0.1, 0.15) is 58.7 Å². The molecule has 0 unspecified atom stereocenters. The van der Waals surface area contributed by atoms with Crippen molar-refractivity contribution in [3.05, 3.63) is 178 Å². The topological polar surface area (TPSA) is 40.5 Å². The van der Waals surface area contributed by atoms with Crippen molar-refractivity contribution in [3.8, 4) is 0 Å². The van der Waals surface area contributed by atoms with Crippen molar-refractivity contribution >= 4 is 0 Å². The monoisotopic (exact) mass is 498 g/mol. The van der Waals surface area contributed by atoms with Crippen LogP contribution in [0.25, 0.3) is 0 Å². The van der Waals surface area contributed by atoms with Crippen molar-refractivity contribution in [3.63, 3.8) is 0 Å². The van der Waals surface area contributed by atoms with Crippen LogP contribution in [0.2, 0.25) is 0 Å². The molecule has 38 heavy (non-hydrogen) atoms. The van der Waals surface area contributed by atoms with Crippen molar-refractivity contribution in [1.82, 2.24) is 0 Å². The Bertz CT molecular complexity index is 1260. The molecule has 0 fully saturated rings. The first-order valence-electron chi connectivity index (χ1n) is 13.4. The highest BCUT2D eigenvalue weighted by atomic mass is 16.3. The summed E-state index contributed by atoms with van der Waals surface area (Å²) in [5.41, 5.74) is 2.96. The zero-order valence-corrected chi connectivity index (χ0v) is 21.8. The van der Waals surface area contributed by atoms with Gasteiger partial charge in [-0.25, -0.2) is 0 Å². The standard InChI is InChI=1S/C36H34O2/c1-2-3-25-32-33(35(37,28-17-8-4-9-18-28)29-19-10-5-11-20-29)26-16-27-34(32)36(38,30-21-12-6-13-22-30)31-23-14-7-15-24-31/h4-24,26-27,37-38H,2-3,25H2,1H3. The molecule has 5 aromatic rings. The average Bonchev–Trinajstić information content (AvgIpc) is 3.01. The Morgan fingerprint density at radius 3 is 1.05 bits per heavy atom. The molecule has 0 heterocycles. The van der Waals surface area contributed by atoms with Crippen LogP contribution < -0.4 is 0 Å². The number of benzene rings is 5. The molecule has 0 bridgehead atoms. The first-order valence-corrected chi connectivity index (χ1v) is 13.4. The molecule has 0 aromatic heterocycles. The lowest BCUT2D eigenvalue weighted by molar-refractivity contribution is 0.116. The average molecular weight is 499 g/mol. The lowest BCUT2D eigenvalue weighted by atomic mass is 9.72. The van der Waals surface area contributed by atoms with E-state index in [1.54, 1.807) is 0 Å². The smallest absolute Gasteiger partial charge is 0.140 e. The molecule has 0 aliphatic heterocycles. The van der Waals surface area contributed by atoms with Gasteiger partial charge in [-0.15, -0.1) is 0 Å². The fourth-order valence-electron chi connectivity index (χ4n) is 5.56. The number of aliphatic hydroxyl groups is 2. The van der Waals surface area contributed by atoms with Gasteiger partial charge in [0.15, 0.2) is 0 Å². The van der Waals surface area contributed by atoms with Gasteiger partial charge in [-0.05, 0) is 51.8 Å². The van der Waals surface area contributed by atoms with Crippen molar-refractivity contribution in [2.45, 2.75) is 37.4 Å². The second kappa shape index (κ2) is 11.2. The van der Waals surface area contributed by atoms with Gasteiger partial charge in [-0.1, -0.05) is 153 Å². The molecular formula is C36H34O2. The van der Waals surface area contributed by atoms with Gasteiger partial charge in [0, 0.05) is 0 Å². The van der Waals surface area contributed by atoms with Crippen LogP contribution in [0, 0.1) is 0 Å². The van der Waals surface area contributed by atoms with Gasteiger partial charge in [0.25, 0.3) is 0 Å². The Balaban J connectivity index is 1.85. The Hall–Kier alpha value is -3.98. The molecule has 0 spiro atoms. The largest absolute Gasteiger partial charge is 0.376 e. The maximum Gasteiger partial charge on any atom is 0.140 e. The molecule has 0 radical (unpaired) electrons. The van der Waals surface area contributed by atoms with E-state index in [1.807, 2.05) is 140 Å². The Labute approximate surface area is 225 Å². The third-order valence-corrected chi connectivity index (χ3v) is 7.50. The summed E-state index contributed by atoms with van der Waals surface area (Å²) in [4.78, 5) is 0. The molecule has 0 amide bonds. The predicted molar refractivity (Wildman–Crippen MR) is 155 cm³/mol. The van der Waals surface area contributed by atoms with Crippen LogP contribution in [0.15, 0.2) is 140 Å². The van der Waals surface area contributed by atoms with Crippen LogP contribution in [0.3, 0.4) is 0 Å². The lowest BCUT2D eigenvalue weighted by Gasteiger charge is -2.37. The summed E-state index contributed by atoms with van der Waals surface area (Å²) in [6.07, 6.45) is 2.66. The molecule has 2 nitrogen and oxygen atoms in total. The van der Waals surface area contributed by atoms with Crippen molar-refractivity contribution in [2.24, 2.45) is 0 Å². The first kappa shape index (κ1) is 25.7. The maximum atomic E-state index is 12.8. The third kappa shape index (κ3) is 4.58. The SMILES string of the molecule is CCCCc1c(C(O)(c2ccccc2)c2ccccc2)cccc1C(O)(c1ccccc1)c1ccccc1. The zero-order valence-electron chi connectivity index (χ0n) is 21.8. The van der Waals surface area contributed by atoms with Crippen LogP contribution in [0.5, 0.6) is 0 Å². The normalized spacial score (nSPS) is 11.9. The fourth-order valence-corrected chi connectivity index (χ4v) is 5.56. The molecule has 0 saturated heterocycles. The quantitative estimate of drug-likeness (QED) is 0.205. The Kier molecular flexibility index (Phi) is 7.55. The minimum absolute atomic E-state index is 0.728. The van der Waals surface area contributed by atoms with Crippen molar-refractivity contribution < 1.29 is 10.2 Å². The minimum atomic E-state index is -1.39. The summed E-state index contributed by atoms with van der Waals surface area (Å²) >= 11 is 0. The fraction of sp³-hybridized carbons (Fsp3) is 0.167. The van der Waals surface area contributed by atoms with Crippen LogP contribution in [-0.2, 0) is 17.6 Å². The minimum Gasteiger partial charge on any atom is -0.376 e. The van der Waals surface area contributed by atoms with E-state index in [-0.39, 0.29) is 0 Å². The molecule has 190 valence electrons. The van der Waals surface area contributed by atoms with E-state index in [4.69, 9.17) is 0 Å². The van der Waals surface area contributed by atoms with E-state index in [1.165, 1.54) is 0 Å². The molecule has 0 aliphatic rings. The van der Waals surface area contributed by atoms with E-state index in [2.05, 4.69) is 6.92 Å². The summed E-state index contributed by atoms with van der Waals surface area (Å²) in [6, 6.07) is 45.4. The van der Waals surface area contributed by atoms with E-state index in [0.29, 0.717) is 0 Å². The summed E-state index contributed by atoms with van der Waals surface area (Å²) in [6.45, 7) is 2.17. The van der Waals surface area contributed by atoms with Gasteiger partial charge < -0.3 is 10.2 Å². The first-order chi connectivity index (χ1) is 18.6. The summed E-state index contributed by atoms with van der Waals surface area (Å²) in [5, 5.41) is 25.5. The lowest BCUT2D eigenvalue weighted by Crippen LogP contribution is -2.34. The summed E-state index contributed by atoms with van der Waals surface area (Å²) in [7, 11) is 0. The van der Waals surface area contributed by atoms with E-state index >= 15 is 0 Å². The molecule has 0 atom stereocenters. The van der Waals surface area contributed by atoms with Gasteiger partial charge in [0.05, 0.1) is 0 Å². The molecular weight excluding hydrogens is 464 g/mol. The predicted octanol–water partition coefficient (Wildman–Crippen LogP) is 7.60. The molecule has 0 aliphatic carbocycles. The highest BCUT2D eigenvalue weighted by Crippen LogP contribution is 2.45. The Morgan fingerprint density at radius 1 is 0.447 bits per heavy atom. The zero-order chi connectivity index (χ0) is 26.4. The highest BCUT2D eigenvalue weighted by Gasteiger charge is 2.41. The second-order valence-electron chi connectivity index (χ2n) is 9.82. The van der Waals surface area contributed by atoms with E-state index in [0.717, 1.165) is 58.2 Å². The van der Waals surface area contributed by atoms with Gasteiger partial charge >= 0.3 is 0 Å². The molecule has 2 N–H and O–H groups in total. The second-order valence-corrected chi connectivity index (χ2v) is 9.82. The maximum absolute atomic E-state index is 12.8. The number of hydrogen-bond donors (Lipinski definition) is 2. The molecule has 2 heteroatoms. The number of hydrogen-bond acceptors (Lipinski definition) is 2. The van der Waals surface area contributed by atoms with Crippen LogP contribution >= 0.6 is 0 Å². The van der Waals surface area contributed by atoms with E-state index < -0.39 is 11.2 Å². The highest BCUT2D eigenvalue weighted by molar-refractivity contribution is 5.57. The van der Waals surface area contributed by atoms with Gasteiger partial charge in [0.2, 0.25) is 0 Å². The Morgan fingerprint density at radius 2 is 0.763 bits per heavy atom. The van der Waals surface area contributed by atoms with Crippen LogP contribution in [-0.4, -0.2) is 10.2 Å². The molecule has 5 aromatic carbocycles. The molecule has 0 saturated carbocycles. The van der Waals surface area contributed by atoms with Gasteiger partial charge in [-0.3, -0.25) is 0 Å².